The standard InChI is InChI=1S/C19H17BrN2O3/c1-21-19(24)17-13-8-14(20)15(22(2)3)9-16(13)25-18(17)12-6-4-11(10-23)5-7-12/h4-10H,1-3H3,(H,21,24). The molecule has 0 saturated heterocycles. The summed E-state index contributed by atoms with van der Waals surface area (Å²) < 4.78 is 6.90. The van der Waals surface area contributed by atoms with Crippen molar-refractivity contribution in [3.63, 3.8) is 0 Å². The molecule has 0 atom stereocenters. The van der Waals surface area contributed by atoms with Crippen molar-refractivity contribution in [2.24, 2.45) is 0 Å². The van der Waals surface area contributed by atoms with Gasteiger partial charge in [-0.25, -0.2) is 0 Å². The normalized spacial score (nSPS) is 10.7. The second-order valence-corrected chi connectivity index (χ2v) is 6.67. The Bertz CT molecular complexity index is 959. The van der Waals surface area contributed by atoms with E-state index in [1.54, 1.807) is 31.3 Å². The molecule has 2 aromatic carbocycles. The van der Waals surface area contributed by atoms with Crippen molar-refractivity contribution in [2.75, 3.05) is 26.0 Å². The number of amides is 1. The van der Waals surface area contributed by atoms with Gasteiger partial charge >= 0.3 is 0 Å². The molecule has 0 aliphatic carbocycles. The predicted octanol–water partition coefficient (Wildman–Crippen LogP) is 4.10. The van der Waals surface area contributed by atoms with E-state index in [9.17, 15) is 9.59 Å². The number of furan rings is 1. The second kappa shape index (κ2) is 6.72. The molecule has 0 bridgehead atoms. The molecule has 0 unspecified atom stereocenters. The number of carbonyl (C=O) groups excluding carboxylic acids is 2. The van der Waals surface area contributed by atoms with Gasteiger partial charge in [-0.15, -0.1) is 0 Å². The topological polar surface area (TPSA) is 62.6 Å². The molecule has 128 valence electrons. The number of nitrogens with one attached hydrogen (secondary N) is 1. The van der Waals surface area contributed by atoms with Crippen LogP contribution < -0.4 is 10.2 Å². The monoisotopic (exact) mass is 400 g/mol. The molecule has 0 aliphatic heterocycles. The lowest BCUT2D eigenvalue weighted by molar-refractivity contribution is 0.0964. The summed E-state index contributed by atoms with van der Waals surface area (Å²) in [6, 6.07) is 10.7. The van der Waals surface area contributed by atoms with Crippen molar-refractivity contribution in [2.45, 2.75) is 0 Å². The Morgan fingerprint density at radius 2 is 1.88 bits per heavy atom. The molecule has 0 aliphatic rings. The molecule has 1 N–H and O–H groups in total. The van der Waals surface area contributed by atoms with Gasteiger partial charge in [-0.05, 0) is 22.0 Å². The highest BCUT2D eigenvalue weighted by molar-refractivity contribution is 9.10. The molecule has 5 nitrogen and oxygen atoms in total. The Morgan fingerprint density at radius 1 is 1.20 bits per heavy atom. The lowest BCUT2D eigenvalue weighted by Gasteiger charge is -2.14. The summed E-state index contributed by atoms with van der Waals surface area (Å²) in [4.78, 5) is 25.3. The zero-order valence-corrected chi connectivity index (χ0v) is 15.7. The minimum absolute atomic E-state index is 0.224. The molecule has 3 aromatic rings. The average molecular weight is 401 g/mol. The van der Waals surface area contributed by atoms with Crippen LogP contribution >= 0.6 is 15.9 Å². The van der Waals surface area contributed by atoms with E-state index in [0.717, 1.165) is 27.4 Å². The number of nitrogens with zero attached hydrogens (tertiary/aromatic N) is 1. The largest absolute Gasteiger partial charge is 0.455 e. The maximum atomic E-state index is 12.5. The van der Waals surface area contributed by atoms with Gasteiger partial charge in [-0.2, -0.15) is 0 Å². The van der Waals surface area contributed by atoms with Crippen molar-refractivity contribution < 1.29 is 14.0 Å². The van der Waals surface area contributed by atoms with Gasteiger partial charge in [-0.1, -0.05) is 24.3 Å². The number of rotatable bonds is 4. The Hall–Kier alpha value is -2.60. The first kappa shape index (κ1) is 17.2. The van der Waals surface area contributed by atoms with E-state index in [-0.39, 0.29) is 5.91 Å². The van der Waals surface area contributed by atoms with Crippen molar-refractivity contribution in [3.05, 3.63) is 52.0 Å². The number of fused-ring (bicyclic) bond motifs is 1. The summed E-state index contributed by atoms with van der Waals surface area (Å²) in [5.74, 6) is 0.257. The lowest BCUT2D eigenvalue weighted by Crippen LogP contribution is -2.18. The highest BCUT2D eigenvalue weighted by atomic mass is 79.9. The molecule has 1 amide bonds. The zero-order valence-electron chi connectivity index (χ0n) is 14.1. The van der Waals surface area contributed by atoms with Crippen molar-refractivity contribution in [1.82, 2.24) is 5.32 Å². The van der Waals surface area contributed by atoms with E-state index in [2.05, 4.69) is 21.2 Å². The van der Waals surface area contributed by atoms with Crippen LogP contribution in [-0.4, -0.2) is 33.3 Å². The van der Waals surface area contributed by atoms with Gasteiger partial charge in [0.1, 0.15) is 17.6 Å². The second-order valence-electron chi connectivity index (χ2n) is 5.82. The number of halogens is 1. The quantitative estimate of drug-likeness (QED) is 0.669. The van der Waals surface area contributed by atoms with Gasteiger partial charge < -0.3 is 14.6 Å². The molecule has 1 aromatic heterocycles. The summed E-state index contributed by atoms with van der Waals surface area (Å²) in [6.07, 6.45) is 0.780. The number of benzene rings is 2. The molecule has 0 radical (unpaired) electrons. The third-order valence-corrected chi connectivity index (χ3v) is 4.64. The molecule has 6 heteroatoms. The van der Waals surface area contributed by atoms with Crippen molar-refractivity contribution in [3.8, 4) is 11.3 Å². The smallest absolute Gasteiger partial charge is 0.255 e. The Balaban J connectivity index is 2.29. The van der Waals surface area contributed by atoms with Crippen LogP contribution in [0.25, 0.3) is 22.3 Å². The van der Waals surface area contributed by atoms with Crippen LogP contribution in [0.15, 0.2) is 45.3 Å². The van der Waals surface area contributed by atoms with Gasteiger partial charge in [-0.3, -0.25) is 9.59 Å². The lowest BCUT2D eigenvalue weighted by atomic mass is 10.0. The van der Waals surface area contributed by atoms with Gasteiger partial charge in [0.05, 0.1) is 11.3 Å². The molecule has 0 fully saturated rings. The highest BCUT2D eigenvalue weighted by Gasteiger charge is 2.23. The molecular weight excluding hydrogens is 384 g/mol. The van der Waals surface area contributed by atoms with Crippen LogP contribution in [0.3, 0.4) is 0 Å². The summed E-state index contributed by atoms with van der Waals surface area (Å²) in [5.41, 5.74) is 3.36. The van der Waals surface area contributed by atoms with Crippen molar-refractivity contribution >= 4 is 44.8 Å². The number of carbonyl (C=O) groups is 2. The number of hydrogen-bond donors (Lipinski definition) is 1. The zero-order chi connectivity index (χ0) is 18.1. The fourth-order valence-corrected chi connectivity index (χ4v) is 3.41. The first-order chi connectivity index (χ1) is 12.0. The van der Waals surface area contributed by atoms with E-state index >= 15 is 0 Å². The third kappa shape index (κ3) is 3.05. The summed E-state index contributed by atoms with van der Waals surface area (Å²) in [6.45, 7) is 0. The van der Waals surface area contributed by atoms with Crippen LogP contribution in [0.4, 0.5) is 5.69 Å². The fourth-order valence-electron chi connectivity index (χ4n) is 2.72. The maximum absolute atomic E-state index is 12.5. The minimum atomic E-state index is -0.224. The SMILES string of the molecule is CNC(=O)c1c(-c2ccc(C=O)cc2)oc2cc(N(C)C)c(Br)cc12. The van der Waals surface area contributed by atoms with Gasteiger partial charge in [0.15, 0.2) is 0 Å². The van der Waals surface area contributed by atoms with E-state index < -0.39 is 0 Å². The first-order valence-corrected chi connectivity index (χ1v) is 8.46. The highest BCUT2D eigenvalue weighted by Crippen LogP contribution is 2.38. The van der Waals surface area contributed by atoms with E-state index in [4.69, 9.17) is 4.42 Å². The molecule has 3 rings (SSSR count). The number of anilines is 1. The van der Waals surface area contributed by atoms with E-state index in [0.29, 0.717) is 22.5 Å². The molecule has 0 spiro atoms. The van der Waals surface area contributed by atoms with Crippen LogP contribution in [0.2, 0.25) is 0 Å². The molecule has 25 heavy (non-hydrogen) atoms. The van der Waals surface area contributed by atoms with Crippen molar-refractivity contribution in [1.29, 1.82) is 0 Å². The minimum Gasteiger partial charge on any atom is -0.455 e. The van der Waals surface area contributed by atoms with Crippen LogP contribution in [0.1, 0.15) is 20.7 Å². The van der Waals surface area contributed by atoms with E-state index in [1.165, 1.54) is 0 Å². The summed E-state index contributed by atoms with van der Waals surface area (Å²) in [5, 5.41) is 3.40. The molecule has 1 heterocycles. The predicted molar refractivity (Wildman–Crippen MR) is 102 cm³/mol. The Kier molecular flexibility index (Phi) is 4.63. The summed E-state index contributed by atoms with van der Waals surface area (Å²) >= 11 is 3.55. The third-order valence-electron chi connectivity index (χ3n) is 4.00. The van der Waals surface area contributed by atoms with Gasteiger partial charge in [0, 0.05) is 48.2 Å². The van der Waals surface area contributed by atoms with Crippen LogP contribution in [0, 0.1) is 0 Å². The Labute approximate surface area is 153 Å². The first-order valence-electron chi connectivity index (χ1n) is 7.67. The summed E-state index contributed by atoms with van der Waals surface area (Å²) in [7, 11) is 5.46. The molecular formula is C19H17BrN2O3. The Morgan fingerprint density at radius 3 is 2.44 bits per heavy atom. The molecule has 0 saturated carbocycles. The maximum Gasteiger partial charge on any atom is 0.255 e. The van der Waals surface area contributed by atoms with Crippen LogP contribution in [-0.2, 0) is 0 Å². The fraction of sp³-hybridized carbons (Fsp3) is 0.158. The number of aldehydes is 1. The van der Waals surface area contributed by atoms with Crippen LogP contribution in [0.5, 0.6) is 0 Å². The average Bonchev–Trinajstić information content (AvgIpc) is 2.98. The number of hydrogen-bond acceptors (Lipinski definition) is 4. The van der Waals surface area contributed by atoms with Gasteiger partial charge in [0.2, 0.25) is 0 Å². The van der Waals surface area contributed by atoms with Gasteiger partial charge in [0.25, 0.3) is 5.91 Å². The van der Waals surface area contributed by atoms with E-state index in [1.807, 2.05) is 31.1 Å².